The quantitative estimate of drug-likeness (QED) is 0.440. The predicted molar refractivity (Wildman–Crippen MR) is 40.1 cm³/mol. The number of hydrogen-bond donors (Lipinski definition) is 0. The first kappa shape index (κ1) is 8.27. The van der Waals surface area contributed by atoms with Crippen LogP contribution >= 0.6 is 0 Å². The summed E-state index contributed by atoms with van der Waals surface area (Å²) >= 11 is 0. The molecule has 1 aliphatic rings. The summed E-state index contributed by atoms with van der Waals surface area (Å²) in [4.78, 5) is 10.6. The summed E-state index contributed by atoms with van der Waals surface area (Å²) in [7, 11) is 1.36. The van der Waals surface area contributed by atoms with Gasteiger partial charge in [0.25, 0.3) is 0 Å². The second kappa shape index (κ2) is 4.13. The molecule has 0 N–H and O–H groups in total. The maximum atomic E-state index is 10.6. The fraction of sp³-hybridized carbons (Fsp3) is 0.625. The van der Waals surface area contributed by atoms with E-state index in [9.17, 15) is 4.79 Å². The van der Waals surface area contributed by atoms with Crippen molar-refractivity contribution in [3.8, 4) is 0 Å². The predicted octanol–water partition coefficient (Wildman–Crippen LogP) is 0.895. The molecular weight excluding hydrogens is 144 g/mol. The minimum absolute atomic E-state index is 0.120. The normalized spacial score (nSPS) is 24.3. The molecule has 3 heteroatoms. The molecule has 0 spiro atoms. The Balaban J connectivity index is 2.27. The van der Waals surface area contributed by atoms with Crippen LogP contribution in [0.3, 0.4) is 0 Å². The molecule has 3 nitrogen and oxygen atoms in total. The summed E-state index contributed by atoms with van der Waals surface area (Å²) in [5.41, 5.74) is 0. The summed E-state index contributed by atoms with van der Waals surface area (Å²) in [6.45, 7) is 0.802. The zero-order valence-corrected chi connectivity index (χ0v) is 6.58. The van der Waals surface area contributed by atoms with Crippen LogP contribution in [-0.2, 0) is 14.3 Å². The molecule has 0 aromatic carbocycles. The first-order valence-electron chi connectivity index (χ1n) is 3.70. The van der Waals surface area contributed by atoms with Crippen molar-refractivity contribution in [2.75, 3.05) is 13.7 Å². The highest BCUT2D eigenvalue weighted by Gasteiger charge is 2.11. The van der Waals surface area contributed by atoms with Crippen LogP contribution in [0.5, 0.6) is 0 Å². The molecule has 1 atom stereocenters. The Labute approximate surface area is 66.0 Å². The molecule has 1 unspecified atom stereocenters. The van der Waals surface area contributed by atoms with Crippen LogP contribution in [0.1, 0.15) is 12.8 Å². The fourth-order valence-corrected chi connectivity index (χ4v) is 1.01. The molecule has 1 rings (SSSR count). The third kappa shape index (κ3) is 2.72. The topological polar surface area (TPSA) is 35.5 Å². The van der Waals surface area contributed by atoms with E-state index in [2.05, 4.69) is 4.74 Å². The van der Waals surface area contributed by atoms with Gasteiger partial charge in [-0.3, -0.25) is 0 Å². The van der Waals surface area contributed by atoms with Gasteiger partial charge in [-0.15, -0.1) is 0 Å². The zero-order chi connectivity index (χ0) is 8.10. The van der Waals surface area contributed by atoms with Crippen LogP contribution in [-0.4, -0.2) is 25.8 Å². The molecular formula is C8H12O3. The molecule has 0 aromatic rings. The zero-order valence-electron chi connectivity index (χ0n) is 6.58. The Hall–Kier alpha value is -0.830. The number of hydrogen-bond acceptors (Lipinski definition) is 3. The minimum atomic E-state index is -0.319. The van der Waals surface area contributed by atoms with Gasteiger partial charge < -0.3 is 9.47 Å². The van der Waals surface area contributed by atoms with Gasteiger partial charge in [-0.25, -0.2) is 4.79 Å². The lowest BCUT2D eigenvalue weighted by Crippen LogP contribution is -2.02. The molecule has 1 fully saturated rings. The van der Waals surface area contributed by atoms with E-state index < -0.39 is 0 Å². The molecule has 0 amide bonds. The highest BCUT2D eigenvalue weighted by atomic mass is 16.5. The smallest absolute Gasteiger partial charge is 0.330 e. The van der Waals surface area contributed by atoms with Gasteiger partial charge >= 0.3 is 5.97 Å². The Bertz CT molecular complexity index is 157. The molecule has 62 valence electrons. The van der Waals surface area contributed by atoms with Crippen molar-refractivity contribution >= 4 is 5.97 Å². The molecule has 1 heterocycles. The molecule has 0 aromatic heterocycles. The Morgan fingerprint density at radius 2 is 2.55 bits per heavy atom. The van der Waals surface area contributed by atoms with Gasteiger partial charge in [0.05, 0.1) is 13.2 Å². The van der Waals surface area contributed by atoms with E-state index in [0.29, 0.717) is 0 Å². The largest absolute Gasteiger partial charge is 0.466 e. The summed E-state index contributed by atoms with van der Waals surface area (Å²) in [5.74, 6) is -0.319. The second-order valence-electron chi connectivity index (χ2n) is 2.43. The minimum Gasteiger partial charge on any atom is -0.466 e. The Morgan fingerprint density at radius 1 is 1.73 bits per heavy atom. The van der Waals surface area contributed by atoms with E-state index in [1.54, 1.807) is 6.08 Å². The van der Waals surface area contributed by atoms with Crippen molar-refractivity contribution in [1.29, 1.82) is 0 Å². The van der Waals surface area contributed by atoms with Gasteiger partial charge in [0.2, 0.25) is 0 Å². The molecule has 0 bridgehead atoms. The number of esters is 1. The maximum absolute atomic E-state index is 10.6. The highest BCUT2D eigenvalue weighted by molar-refractivity contribution is 5.81. The van der Waals surface area contributed by atoms with Gasteiger partial charge in [0.15, 0.2) is 0 Å². The third-order valence-corrected chi connectivity index (χ3v) is 1.61. The number of carbonyl (C=O) groups excluding carboxylic acids is 1. The number of methoxy groups -OCH3 is 1. The number of ether oxygens (including phenoxy) is 2. The molecule has 1 aliphatic heterocycles. The summed E-state index contributed by atoms with van der Waals surface area (Å²) in [6.07, 6.45) is 5.37. The summed E-state index contributed by atoms with van der Waals surface area (Å²) in [6, 6.07) is 0. The molecule has 1 saturated heterocycles. The van der Waals surface area contributed by atoms with Crippen molar-refractivity contribution < 1.29 is 14.3 Å². The van der Waals surface area contributed by atoms with E-state index in [0.717, 1.165) is 19.4 Å². The maximum Gasteiger partial charge on any atom is 0.330 e. The Kier molecular flexibility index (Phi) is 3.11. The van der Waals surface area contributed by atoms with E-state index in [-0.39, 0.29) is 12.1 Å². The monoisotopic (exact) mass is 156 g/mol. The van der Waals surface area contributed by atoms with E-state index in [1.165, 1.54) is 13.2 Å². The van der Waals surface area contributed by atoms with Gasteiger partial charge in [-0.2, -0.15) is 0 Å². The number of carbonyl (C=O) groups is 1. The van der Waals surface area contributed by atoms with Crippen LogP contribution in [0.4, 0.5) is 0 Å². The average Bonchev–Trinajstić information content (AvgIpc) is 2.52. The van der Waals surface area contributed by atoms with Crippen LogP contribution in [0.15, 0.2) is 12.2 Å². The third-order valence-electron chi connectivity index (χ3n) is 1.61. The van der Waals surface area contributed by atoms with Crippen molar-refractivity contribution in [3.05, 3.63) is 12.2 Å². The van der Waals surface area contributed by atoms with Crippen LogP contribution in [0, 0.1) is 0 Å². The van der Waals surface area contributed by atoms with Crippen molar-refractivity contribution in [1.82, 2.24) is 0 Å². The standard InChI is InChI=1S/C8H12O3/c1-10-8(9)5-4-7-3-2-6-11-7/h4-5,7H,2-3,6H2,1H3/b5-4+. The lowest BCUT2D eigenvalue weighted by Gasteiger charge is -1.99. The SMILES string of the molecule is COC(=O)/C=C/C1CCCO1. The average molecular weight is 156 g/mol. The van der Waals surface area contributed by atoms with Crippen molar-refractivity contribution in [2.24, 2.45) is 0 Å². The molecule has 11 heavy (non-hydrogen) atoms. The van der Waals surface area contributed by atoms with E-state index in [1.807, 2.05) is 0 Å². The lowest BCUT2D eigenvalue weighted by atomic mass is 10.2. The van der Waals surface area contributed by atoms with Gasteiger partial charge in [-0.05, 0) is 18.9 Å². The molecule has 0 saturated carbocycles. The summed E-state index contributed by atoms with van der Waals surface area (Å²) in [5, 5.41) is 0. The van der Waals surface area contributed by atoms with Crippen LogP contribution in [0.2, 0.25) is 0 Å². The van der Waals surface area contributed by atoms with E-state index in [4.69, 9.17) is 4.74 Å². The Morgan fingerprint density at radius 3 is 3.09 bits per heavy atom. The summed E-state index contributed by atoms with van der Waals surface area (Å²) < 4.78 is 9.68. The van der Waals surface area contributed by atoms with Crippen molar-refractivity contribution in [3.63, 3.8) is 0 Å². The first-order valence-corrected chi connectivity index (χ1v) is 3.70. The van der Waals surface area contributed by atoms with Crippen LogP contribution in [0.25, 0.3) is 0 Å². The van der Waals surface area contributed by atoms with Gasteiger partial charge in [0, 0.05) is 12.7 Å². The van der Waals surface area contributed by atoms with Gasteiger partial charge in [0.1, 0.15) is 0 Å². The number of rotatable bonds is 2. The van der Waals surface area contributed by atoms with E-state index >= 15 is 0 Å². The molecule has 0 aliphatic carbocycles. The molecule has 0 radical (unpaired) electrons. The van der Waals surface area contributed by atoms with Gasteiger partial charge in [-0.1, -0.05) is 0 Å². The highest BCUT2D eigenvalue weighted by Crippen LogP contribution is 2.12. The lowest BCUT2D eigenvalue weighted by molar-refractivity contribution is -0.134. The fourth-order valence-electron chi connectivity index (χ4n) is 1.01. The van der Waals surface area contributed by atoms with Crippen molar-refractivity contribution in [2.45, 2.75) is 18.9 Å². The second-order valence-corrected chi connectivity index (χ2v) is 2.43. The first-order chi connectivity index (χ1) is 5.33. The van der Waals surface area contributed by atoms with Crippen LogP contribution < -0.4 is 0 Å².